The van der Waals surface area contributed by atoms with E-state index in [4.69, 9.17) is 25.8 Å². The third-order valence-corrected chi connectivity index (χ3v) is 6.42. The van der Waals surface area contributed by atoms with Gasteiger partial charge < -0.3 is 19.1 Å². The number of hydrogen-bond donors (Lipinski definition) is 0. The predicted molar refractivity (Wildman–Crippen MR) is 140 cm³/mol. The number of ether oxygens (including phenoxy) is 3. The summed E-state index contributed by atoms with van der Waals surface area (Å²) in [6.45, 7) is 8.11. The first kappa shape index (κ1) is 24.9. The smallest absolute Gasteiger partial charge is 0.232 e. The lowest BCUT2D eigenvalue weighted by molar-refractivity contribution is -0.118. The van der Waals surface area contributed by atoms with Crippen molar-refractivity contribution in [3.8, 4) is 17.2 Å². The summed E-state index contributed by atoms with van der Waals surface area (Å²) in [5, 5.41) is 0.647. The molecule has 0 saturated carbocycles. The van der Waals surface area contributed by atoms with Gasteiger partial charge in [0.1, 0.15) is 5.75 Å². The summed E-state index contributed by atoms with van der Waals surface area (Å²) in [7, 11) is 1.63. The molecule has 35 heavy (non-hydrogen) atoms. The number of rotatable bonds is 8. The molecule has 1 aliphatic heterocycles. The quantitative estimate of drug-likeness (QED) is 0.339. The Hall–Kier alpha value is -3.18. The van der Waals surface area contributed by atoms with Gasteiger partial charge in [-0.1, -0.05) is 30.7 Å². The summed E-state index contributed by atoms with van der Waals surface area (Å²) >= 11 is 6.20. The number of methoxy groups -OCH3 is 1. The van der Waals surface area contributed by atoms with Crippen molar-refractivity contribution < 1.29 is 19.0 Å². The highest BCUT2D eigenvalue weighted by Gasteiger charge is 2.36. The molecule has 0 aliphatic carbocycles. The van der Waals surface area contributed by atoms with Crippen molar-refractivity contribution >= 4 is 23.2 Å². The molecule has 0 bridgehead atoms. The van der Waals surface area contributed by atoms with E-state index in [1.54, 1.807) is 7.11 Å². The van der Waals surface area contributed by atoms with Crippen LogP contribution < -0.4 is 19.1 Å². The molecule has 0 fully saturated rings. The second-order valence-corrected chi connectivity index (χ2v) is 9.53. The minimum Gasteiger partial charge on any atom is -0.497 e. The molecule has 0 radical (unpaired) electrons. The molecule has 3 aromatic carbocycles. The fourth-order valence-electron chi connectivity index (χ4n) is 4.30. The van der Waals surface area contributed by atoms with Crippen LogP contribution in [0.5, 0.6) is 17.2 Å². The molecular weight excluding hydrogens is 462 g/mol. The van der Waals surface area contributed by atoms with Crippen LogP contribution in [0.25, 0.3) is 0 Å². The lowest BCUT2D eigenvalue weighted by atomic mass is 9.86. The highest BCUT2D eigenvalue weighted by atomic mass is 35.5. The zero-order chi connectivity index (χ0) is 25.1. The standard InChI is InChI=1S/C29H32ClNO4/c1-6-19(4)35-27-17-25-21(15-26(27)34-18(2)3)16-28(32)31(23-11-13-24(33-5)14-12-23)29(25)20-7-9-22(30)10-8-20/h7-15,17-19,29H,6,16H2,1-5H3. The van der Waals surface area contributed by atoms with Crippen molar-refractivity contribution in [2.45, 2.75) is 58.8 Å². The van der Waals surface area contributed by atoms with Gasteiger partial charge in [-0.05, 0) is 92.4 Å². The first-order chi connectivity index (χ1) is 16.8. The van der Waals surface area contributed by atoms with Crippen LogP contribution in [0.2, 0.25) is 5.02 Å². The Morgan fingerprint density at radius 2 is 1.63 bits per heavy atom. The number of nitrogens with zero attached hydrogens (tertiary/aromatic N) is 1. The first-order valence-corrected chi connectivity index (χ1v) is 12.4. The minimum absolute atomic E-state index is 0.00806. The summed E-state index contributed by atoms with van der Waals surface area (Å²) in [6.07, 6.45) is 1.15. The van der Waals surface area contributed by atoms with E-state index in [0.717, 1.165) is 34.5 Å². The molecule has 1 amide bonds. The van der Waals surface area contributed by atoms with Crippen LogP contribution in [0.4, 0.5) is 5.69 Å². The highest BCUT2D eigenvalue weighted by molar-refractivity contribution is 6.30. The molecule has 4 rings (SSSR count). The summed E-state index contributed by atoms with van der Waals surface area (Å²) < 4.78 is 17.7. The molecule has 5 nitrogen and oxygen atoms in total. The maximum Gasteiger partial charge on any atom is 0.232 e. The molecule has 2 unspecified atom stereocenters. The fraction of sp³-hybridized carbons (Fsp3) is 0.345. The largest absolute Gasteiger partial charge is 0.497 e. The van der Waals surface area contributed by atoms with Gasteiger partial charge in [0.25, 0.3) is 0 Å². The van der Waals surface area contributed by atoms with E-state index in [2.05, 4.69) is 6.92 Å². The highest BCUT2D eigenvalue weighted by Crippen LogP contribution is 2.44. The van der Waals surface area contributed by atoms with Crippen molar-refractivity contribution in [3.05, 3.63) is 82.4 Å². The normalized spacial score (nSPS) is 16.1. The summed E-state index contributed by atoms with van der Waals surface area (Å²) in [5.74, 6) is 2.10. The van der Waals surface area contributed by atoms with Gasteiger partial charge in [-0.15, -0.1) is 0 Å². The Labute approximate surface area is 212 Å². The van der Waals surface area contributed by atoms with E-state index in [1.807, 2.05) is 86.3 Å². The third kappa shape index (κ3) is 5.40. The molecule has 2 atom stereocenters. The van der Waals surface area contributed by atoms with Crippen molar-refractivity contribution in [1.82, 2.24) is 0 Å². The van der Waals surface area contributed by atoms with Crippen LogP contribution >= 0.6 is 11.6 Å². The van der Waals surface area contributed by atoms with Crippen LogP contribution in [0, 0.1) is 0 Å². The van der Waals surface area contributed by atoms with Crippen LogP contribution in [0.15, 0.2) is 60.7 Å². The van der Waals surface area contributed by atoms with Gasteiger partial charge in [0.05, 0.1) is 31.8 Å². The Morgan fingerprint density at radius 3 is 2.23 bits per heavy atom. The zero-order valence-corrected chi connectivity index (χ0v) is 21.6. The molecule has 0 saturated heterocycles. The van der Waals surface area contributed by atoms with E-state index in [-0.39, 0.29) is 30.6 Å². The maximum atomic E-state index is 13.6. The van der Waals surface area contributed by atoms with Gasteiger partial charge in [0, 0.05) is 10.7 Å². The molecule has 3 aromatic rings. The van der Waals surface area contributed by atoms with Gasteiger partial charge in [0.15, 0.2) is 11.5 Å². The topological polar surface area (TPSA) is 48.0 Å². The van der Waals surface area contributed by atoms with Gasteiger partial charge in [-0.25, -0.2) is 0 Å². The number of halogens is 1. The number of amides is 1. The molecule has 0 N–H and O–H groups in total. The number of anilines is 1. The number of hydrogen-bond acceptors (Lipinski definition) is 4. The number of fused-ring (bicyclic) bond motifs is 1. The first-order valence-electron chi connectivity index (χ1n) is 12.0. The van der Waals surface area contributed by atoms with Gasteiger partial charge >= 0.3 is 0 Å². The van der Waals surface area contributed by atoms with E-state index < -0.39 is 0 Å². The minimum atomic E-state index is -0.343. The van der Waals surface area contributed by atoms with E-state index in [9.17, 15) is 4.79 Å². The third-order valence-electron chi connectivity index (χ3n) is 6.17. The lowest BCUT2D eigenvalue weighted by Gasteiger charge is -2.38. The second-order valence-electron chi connectivity index (χ2n) is 9.09. The van der Waals surface area contributed by atoms with Crippen LogP contribution in [-0.2, 0) is 11.2 Å². The molecule has 6 heteroatoms. The lowest BCUT2D eigenvalue weighted by Crippen LogP contribution is -2.41. The van der Waals surface area contributed by atoms with E-state index >= 15 is 0 Å². The number of benzene rings is 3. The molecule has 1 aliphatic rings. The van der Waals surface area contributed by atoms with Gasteiger partial charge in [-0.2, -0.15) is 0 Å². The Kier molecular flexibility index (Phi) is 7.56. The summed E-state index contributed by atoms with van der Waals surface area (Å²) in [4.78, 5) is 15.4. The van der Waals surface area contributed by atoms with Crippen LogP contribution in [-0.4, -0.2) is 25.2 Å². The SMILES string of the molecule is CCC(C)Oc1cc2c(cc1OC(C)C)CC(=O)N(c1ccc(OC)cc1)C2c1ccc(Cl)cc1. The van der Waals surface area contributed by atoms with Crippen LogP contribution in [0.1, 0.15) is 56.8 Å². The van der Waals surface area contributed by atoms with Gasteiger partial charge in [-0.3, -0.25) is 4.79 Å². The molecule has 0 aromatic heterocycles. The number of carbonyl (C=O) groups is 1. The molecule has 184 valence electrons. The van der Waals surface area contributed by atoms with Crippen molar-refractivity contribution in [3.63, 3.8) is 0 Å². The summed E-state index contributed by atoms with van der Waals surface area (Å²) in [5.41, 5.74) is 3.71. The average Bonchev–Trinajstić information content (AvgIpc) is 2.84. The van der Waals surface area contributed by atoms with E-state index in [1.165, 1.54) is 0 Å². The number of carbonyl (C=O) groups excluding carboxylic acids is 1. The Balaban J connectivity index is 1.89. The Bertz CT molecular complexity index is 1170. The molecule has 1 heterocycles. The monoisotopic (exact) mass is 493 g/mol. The van der Waals surface area contributed by atoms with Crippen molar-refractivity contribution in [2.24, 2.45) is 0 Å². The van der Waals surface area contributed by atoms with E-state index in [0.29, 0.717) is 16.5 Å². The van der Waals surface area contributed by atoms with Crippen molar-refractivity contribution in [1.29, 1.82) is 0 Å². The molecule has 0 spiro atoms. The van der Waals surface area contributed by atoms with Crippen LogP contribution in [0.3, 0.4) is 0 Å². The second kappa shape index (κ2) is 10.6. The molecular formula is C29H32ClNO4. The maximum absolute atomic E-state index is 13.6. The average molecular weight is 494 g/mol. The fourth-order valence-corrected chi connectivity index (χ4v) is 4.43. The van der Waals surface area contributed by atoms with Crippen molar-refractivity contribution in [2.75, 3.05) is 12.0 Å². The van der Waals surface area contributed by atoms with Gasteiger partial charge in [0.2, 0.25) is 5.91 Å². The predicted octanol–water partition coefficient (Wildman–Crippen LogP) is 6.99. The summed E-state index contributed by atoms with van der Waals surface area (Å²) in [6, 6.07) is 18.9. The Morgan fingerprint density at radius 1 is 0.971 bits per heavy atom. The zero-order valence-electron chi connectivity index (χ0n) is 20.9.